The molecule has 1 saturated heterocycles. The molecule has 3 aromatic rings. The van der Waals surface area contributed by atoms with Crippen molar-refractivity contribution in [3.05, 3.63) is 65.9 Å². The van der Waals surface area contributed by atoms with Crippen LogP contribution in [0.1, 0.15) is 35.6 Å². The Hall–Kier alpha value is -2.91. The zero-order valence-electron chi connectivity index (χ0n) is 17.0. The third kappa shape index (κ3) is 4.31. The molecule has 1 aliphatic heterocycles. The van der Waals surface area contributed by atoms with E-state index in [1.807, 2.05) is 26.0 Å². The lowest BCUT2D eigenvalue weighted by Crippen LogP contribution is -2.39. The highest BCUT2D eigenvalue weighted by atomic mass is 32.2. The van der Waals surface area contributed by atoms with Gasteiger partial charge in [0.15, 0.2) is 5.82 Å². The van der Waals surface area contributed by atoms with Gasteiger partial charge in [-0.1, -0.05) is 6.07 Å². The predicted molar refractivity (Wildman–Crippen MR) is 114 cm³/mol. The van der Waals surface area contributed by atoms with Gasteiger partial charge in [-0.2, -0.15) is 4.31 Å². The Labute approximate surface area is 176 Å². The van der Waals surface area contributed by atoms with Gasteiger partial charge in [-0.05, 0) is 56.0 Å². The number of aryl methyl sites for hydroxylation is 2. The molecule has 8 nitrogen and oxygen atoms in total. The summed E-state index contributed by atoms with van der Waals surface area (Å²) in [6, 6.07) is 7.15. The summed E-state index contributed by atoms with van der Waals surface area (Å²) >= 11 is 0. The van der Waals surface area contributed by atoms with Crippen LogP contribution >= 0.6 is 0 Å². The maximum absolute atomic E-state index is 13.2. The molecule has 1 fully saturated rings. The number of anilines is 2. The first-order valence-electron chi connectivity index (χ1n) is 9.87. The smallest absolute Gasteiger partial charge is 0.243 e. The van der Waals surface area contributed by atoms with Crippen molar-refractivity contribution in [2.75, 3.05) is 18.4 Å². The Balaban J connectivity index is 1.54. The molecule has 4 rings (SSSR count). The van der Waals surface area contributed by atoms with E-state index in [1.165, 1.54) is 0 Å². The largest absolute Gasteiger partial charge is 0.307 e. The average Bonchev–Trinajstić information content (AvgIpc) is 2.76. The predicted octanol–water partition coefficient (Wildman–Crippen LogP) is 3.20. The number of nitrogens with one attached hydrogen (secondary N) is 1. The van der Waals surface area contributed by atoms with E-state index in [0.717, 1.165) is 29.7 Å². The summed E-state index contributed by atoms with van der Waals surface area (Å²) in [5.41, 5.74) is 2.87. The minimum absolute atomic E-state index is 0.00507. The van der Waals surface area contributed by atoms with Crippen molar-refractivity contribution in [1.82, 2.24) is 24.2 Å². The first kappa shape index (κ1) is 20.4. The molecule has 30 heavy (non-hydrogen) atoms. The van der Waals surface area contributed by atoms with E-state index in [4.69, 9.17) is 0 Å². The Kier molecular flexibility index (Phi) is 5.74. The first-order valence-corrected chi connectivity index (χ1v) is 11.3. The first-order chi connectivity index (χ1) is 14.4. The zero-order valence-corrected chi connectivity index (χ0v) is 17.8. The number of rotatable bonds is 5. The van der Waals surface area contributed by atoms with E-state index >= 15 is 0 Å². The van der Waals surface area contributed by atoms with Crippen LogP contribution in [0.25, 0.3) is 0 Å². The van der Waals surface area contributed by atoms with Crippen molar-refractivity contribution >= 4 is 21.8 Å². The van der Waals surface area contributed by atoms with Gasteiger partial charge in [0, 0.05) is 37.6 Å². The van der Waals surface area contributed by atoms with Crippen LogP contribution in [0.5, 0.6) is 0 Å². The maximum atomic E-state index is 13.2. The van der Waals surface area contributed by atoms with Crippen LogP contribution in [0.4, 0.5) is 11.8 Å². The van der Waals surface area contributed by atoms with Gasteiger partial charge in [0.2, 0.25) is 16.0 Å². The van der Waals surface area contributed by atoms with Crippen molar-refractivity contribution < 1.29 is 8.42 Å². The van der Waals surface area contributed by atoms with Crippen LogP contribution in [0.3, 0.4) is 0 Å². The lowest BCUT2D eigenvalue weighted by Gasteiger charge is -2.31. The van der Waals surface area contributed by atoms with Crippen LogP contribution < -0.4 is 5.32 Å². The molecule has 156 valence electrons. The Morgan fingerprint density at radius 3 is 2.70 bits per heavy atom. The van der Waals surface area contributed by atoms with Gasteiger partial charge < -0.3 is 5.32 Å². The van der Waals surface area contributed by atoms with Crippen molar-refractivity contribution in [3.8, 4) is 0 Å². The molecule has 9 heteroatoms. The monoisotopic (exact) mass is 424 g/mol. The van der Waals surface area contributed by atoms with Crippen molar-refractivity contribution in [3.63, 3.8) is 0 Å². The summed E-state index contributed by atoms with van der Waals surface area (Å²) in [6.45, 7) is 4.82. The maximum Gasteiger partial charge on any atom is 0.243 e. The van der Waals surface area contributed by atoms with Crippen molar-refractivity contribution in [1.29, 1.82) is 0 Å². The molecule has 1 atom stereocenters. The van der Waals surface area contributed by atoms with Gasteiger partial charge in [0.1, 0.15) is 0 Å². The van der Waals surface area contributed by atoms with Crippen LogP contribution in [-0.2, 0) is 10.0 Å². The fourth-order valence-electron chi connectivity index (χ4n) is 3.56. The molecule has 3 heterocycles. The Morgan fingerprint density at radius 2 is 1.93 bits per heavy atom. The summed E-state index contributed by atoms with van der Waals surface area (Å²) in [7, 11) is -3.54. The Bertz CT molecular complexity index is 1140. The molecular formula is C21H24N6O2S. The molecule has 0 spiro atoms. The summed E-state index contributed by atoms with van der Waals surface area (Å²) in [6.07, 6.45) is 8.11. The summed E-state index contributed by atoms with van der Waals surface area (Å²) in [5.74, 6) is 0.977. The third-order valence-electron chi connectivity index (χ3n) is 5.40. The van der Waals surface area contributed by atoms with E-state index in [-0.39, 0.29) is 5.92 Å². The molecule has 1 aliphatic rings. The molecule has 0 amide bonds. The molecule has 0 saturated carbocycles. The number of piperidine rings is 1. The van der Waals surface area contributed by atoms with E-state index < -0.39 is 10.0 Å². The zero-order chi connectivity index (χ0) is 21.1. The lowest BCUT2D eigenvalue weighted by molar-refractivity contribution is 0.312. The highest BCUT2D eigenvalue weighted by molar-refractivity contribution is 7.89. The van der Waals surface area contributed by atoms with Gasteiger partial charge in [-0.25, -0.2) is 23.4 Å². The quantitative estimate of drug-likeness (QED) is 0.671. The minimum Gasteiger partial charge on any atom is -0.307 e. The van der Waals surface area contributed by atoms with E-state index in [1.54, 1.807) is 41.2 Å². The average molecular weight is 425 g/mol. The highest BCUT2D eigenvalue weighted by Gasteiger charge is 2.31. The minimum atomic E-state index is -3.54. The second-order valence-corrected chi connectivity index (χ2v) is 9.41. The number of benzene rings is 1. The fraction of sp³-hybridized carbons (Fsp3) is 0.333. The highest BCUT2D eigenvalue weighted by Crippen LogP contribution is 2.30. The van der Waals surface area contributed by atoms with Crippen LogP contribution in [0.15, 0.2) is 53.9 Å². The molecule has 0 radical (unpaired) electrons. The second-order valence-electron chi connectivity index (χ2n) is 7.47. The molecular weight excluding hydrogens is 400 g/mol. The van der Waals surface area contributed by atoms with Gasteiger partial charge in [0.05, 0.1) is 16.8 Å². The molecule has 1 N–H and O–H groups in total. The molecule has 0 bridgehead atoms. The normalized spacial score (nSPS) is 17.6. The van der Waals surface area contributed by atoms with Gasteiger partial charge in [-0.3, -0.25) is 4.98 Å². The van der Waals surface area contributed by atoms with Gasteiger partial charge >= 0.3 is 0 Å². The van der Waals surface area contributed by atoms with Crippen molar-refractivity contribution in [2.24, 2.45) is 0 Å². The number of nitrogens with zero attached hydrogens (tertiary/aromatic N) is 5. The van der Waals surface area contributed by atoms with Crippen molar-refractivity contribution in [2.45, 2.75) is 37.5 Å². The molecule has 1 unspecified atom stereocenters. The number of sulfonamides is 1. The standard InChI is InChI=1S/C21H24N6O2S/c1-15-5-6-18(12-16(15)2)30(28,29)27-11-3-4-17(14-27)19-7-8-24-21(25-19)26-20-13-22-9-10-23-20/h5-10,12-13,17H,3-4,11,14H2,1-2H3,(H,23,24,25,26). The lowest BCUT2D eigenvalue weighted by atomic mass is 9.96. The van der Waals surface area contributed by atoms with E-state index in [9.17, 15) is 8.42 Å². The molecule has 1 aromatic carbocycles. The van der Waals surface area contributed by atoms with E-state index in [2.05, 4.69) is 25.3 Å². The SMILES string of the molecule is Cc1ccc(S(=O)(=O)N2CCCC(c3ccnc(Nc4cnccn4)n3)C2)cc1C. The topological polar surface area (TPSA) is 101 Å². The summed E-state index contributed by atoms with van der Waals surface area (Å²) < 4.78 is 28.0. The molecule has 0 aliphatic carbocycles. The molecule has 2 aromatic heterocycles. The summed E-state index contributed by atoms with van der Waals surface area (Å²) in [4.78, 5) is 17.4. The summed E-state index contributed by atoms with van der Waals surface area (Å²) in [5, 5.41) is 3.03. The number of hydrogen-bond donors (Lipinski definition) is 1. The van der Waals surface area contributed by atoms with Crippen LogP contribution in [0, 0.1) is 13.8 Å². The fourth-order valence-corrected chi connectivity index (χ4v) is 5.17. The van der Waals surface area contributed by atoms with Crippen LogP contribution in [0.2, 0.25) is 0 Å². The third-order valence-corrected chi connectivity index (χ3v) is 7.26. The van der Waals surface area contributed by atoms with Gasteiger partial charge in [-0.15, -0.1) is 0 Å². The second kappa shape index (κ2) is 8.45. The Morgan fingerprint density at radius 1 is 1.07 bits per heavy atom. The number of aromatic nitrogens is 4. The van der Waals surface area contributed by atoms with Gasteiger partial charge in [0.25, 0.3) is 0 Å². The number of hydrogen-bond acceptors (Lipinski definition) is 7. The van der Waals surface area contributed by atoms with E-state index in [0.29, 0.717) is 29.8 Å². The van der Waals surface area contributed by atoms with Crippen LogP contribution in [-0.4, -0.2) is 45.7 Å².